The molecule has 0 N–H and O–H groups in total. The smallest absolute Gasteiger partial charge is 0.267 e. The van der Waals surface area contributed by atoms with Crippen LogP contribution in [0.25, 0.3) is 0 Å². The van der Waals surface area contributed by atoms with Crippen LogP contribution in [0.1, 0.15) is 19.8 Å². The molecule has 1 fully saturated rings. The summed E-state index contributed by atoms with van der Waals surface area (Å²) < 4.78 is 25.2. The third kappa shape index (κ3) is 2.75. The van der Waals surface area contributed by atoms with E-state index in [2.05, 4.69) is 0 Å². The summed E-state index contributed by atoms with van der Waals surface area (Å²) in [5.74, 6) is -3.56. The summed E-state index contributed by atoms with van der Waals surface area (Å²) in [4.78, 5) is 22.7. The van der Waals surface area contributed by atoms with E-state index in [0.29, 0.717) is 0 Å². The van der Waals surface area contributed by atoms with Crippen LogP contribution in [0, 0.1) is 0 Å². The van der Waals surface area contributed by atoms with Gasteiger partial charge in [0.05, 0.1) is 13.0 Å². The second-order valence-corrected chi connectivity index (χ2v) is 3.30. The molecular formula is C8H11F2NO2. The minimum absolute atomic E-state index is 0.0547. The van der Waals surface area contributed by atoms with Crippen molar-refractivity contribution in [1.29, 1.82) is 0 Å². The molecule has 0 aromatic rings. The highest BCUT2D eigenvalue weighted by Gasteiger charge is 2.40. The first-order valence-corrected chi connectivity index (χ1v) is 4.06. The van der Waals surface area contributed by atoms with E-state index < -0.39 is 18.4 Å². The summed E-state index contributed by atoms with van der Waals surface area (Å²) in [5, 5.41) is 0. The predicted octanol–water partition coefficient (Wildman–Crippen LogP) is 0.833. The number of rotatable bonds is 2. The number of halogens is 2. The van der Waals surface area contributed by atoms with Gasteiger partial charge in [0, 0.05) is 13.0 Å². The maximum atomic E-state index is 12.6. The molecule has 0 bridgehead atoms. The van der Waals surface area contributed by atoms with Crippen LogP contribution < -0.4 is 0 Å². The van der Waals surface area contributed by atoms with Crippen molar-refractivity contribution >= 4 is 11.7 Å². The molecule has 1 rings (SSSR count). The van der Waals surface area contributed by atoms with Gasteiger partial charge in [-0.3, -0.25) is 9.59 Å². The third-order valence-corrected chi connectivity index (χ3v) is 1.92. The molecule has 3 nitrogen and oxygen atoms in total. The van der Waals surface area contributed by atoms with E-state index in [1.807, 2.05) is 0 Å². The predicted molar refractivity (Wildman–Crippen MR) is 41.4 cm³/mol. The standard InChI is InChI=1S/C8H11F2NO2/c1-6(12)4-7(13)11-3-2-8(9,10)5-11/h2-5H2,1H3. The molecule has 0 unspecified atom stereocenters. The minimum atomic E-state index is -2.77. The van der Waals surface area contributed by atoms with Gasteiger partial charge in [0.2, 0.25) is 5.91 Å². The van der Waals surface area contributed by atoms with Gasteiger partial charge in [-0.25, -0.2) is 8.78 Å². The summed E-state index contributed by atoms with van der Waals surface area (Å²) in [7, 11) is 0. The van der Waals surface area contributed by atoms with Gasteiger partial charge in [-0.15, -0.1) is 0 Å². The number of hydrogen-bond acceptors (Lipinski definition) is 2. The van der Waals surface area contributed by atoms with Gasteiger partial charge < -0.3 is 4.90 Å². The third-order valence-electron chi connectivity index (χ3n) is 1.92. The van der Waals surface area contributed by atoms with Crippen LogP contribution >= 0.6 is 0 Å². The first kappa shape index (κ1) is 10.1. The van der Waals surface area contributed by atoms with E-state index in [4.69, 9.17) is 0 Å². The maximum Gasteiger partial charge on any atom is 0.267 e. The largest absolute Gasteiger partial charge is 0.336 e. The zero-order chi connectivity index (χ0) is 10.1. The zero-order valence-electron chi connectivity index (χ0n) is 7.35. The van der Waals surface area contributed by atoms with Gasteiger partial charge in [-0.1, -0.05) is 0 Å². The number of nitrogens with zero attached hydrogens (tertiary/aromatic N) is 1. The molecule has 0 atom stereocenters. The normalized spacial score (nSPS) is 20.4. The molecule has 74 valence electrons. The first-order valence-electron chi connectivity index (χ1n) is 4.06. The van der Waals surface area contributed by atoms with Crippen LogP contribution in [0.3, 0.4) is 0 Å². The van der Waals surface area contributed by atoms with Gasteiger partial charge in [0.25, 0.3) is 5.92 Å². The van der Waals surface area contributed by atoms with E-state index in [1.54, 1.807) is 0 Å². The van der Waals surface area contributed by atoms with E-state index in [-0.39, 0.29) is 25.2 Å². The van der Waals surface area contributed by atoms with Gasteiger partial charge in [-0.2, -0.15) is 0 Å². The van der Waals surface area contributed by atoms with Crippen molar-refractivity contribution in [3.63, 3.8) is 0 Å². The lowest BCUT2D eigenvalue weighted by Gasteiger charge is -2.14. The number of likely N-dealkylation sites (tertiary alicyclic amines) is 1. The fourth-order valence-electron chi connectivity index (χ4n) is 1.27. The Kier molecular flexibility index (Phi) is 2.63. The fourth-order valence-corrected chi connectivity index (χ4v) is 1.27. The van der Waals surface area contributed by atoms with Crippen LogP contribution in [0.4, 0.5) is 8.78 Å². The Labute approximate surface area is 74.7 Å². The molecule has 5 heteroatoms. The molecule has 1 amide bonds. The second-order valence-electron chi connectivity index (χ2n) is 3.30. The first-order chi connectivity index (χ1) is 5.91. The molecule has 0 aromatic heterocycles. The van der Waals surface area contributed by atoms with E-state index in [0.717, 1.165) is 4.90 Å². The van der Waals surface area contributed by atoms with Crippen molar-refractivity contribution in [2.24, 2.45) is 0 Å². The van der Waals surface area contributed by atoms with Crippen molar-refractivity contribution in [2.45, 2.75) is 25.7 Å². The number of Topliss-reactive ketones (excluding diaryl/α,β-unsaturated/α-hetero) is 1. The van der Waals surface area contributed by atoms with Crippen molar-refractivity contribution in [1.82, 2.24) is 4.90 Å². The van der Waals surface area contributed by atoms with Crippen molar-refractivity contribution in [3.8, 4) is 0 Å². The highest BCUT2D eigenvalue weighted by Crippen LogP contribution is 2.26. The summed E-state index contributed by atoms with van der Waals surface area (Å²) in [6, 6.07) is 0. The maximum absolute atomic E-state index is 12.6. The number of alkyl halides is 2. The molecule has 0 aliphatic carbocycles. The number of carbonyl (C=O) groups excluding carboxylic acids is 2. The Morgan fingerprint density at radius 2 is 2.08 bits per heavy atom. The van der Waals surface area contributed by atoms with Crippen LogP contribution in [0.2, 0.25) is 0 Å². The Morgan fingerprint density at radius 3 is 2.46 bits per heavy atom. The molecule has 1 aliphatic heterocycles. The highest BCUT2D eigenvalue weighted by molar-refractivity contribution is 5.96. The molecule has 0 aromatic carbocycles. The summed E-state index contributed by atoms with van der Waals surface area (Å²) in [5.41, 5.74) is 0. The summed E-state index contributed by atoms with van der Waals surface area (Å²) in [6.07, 6.45) is -0.563. The van der Waals surface area contributed by atoms with E-state index >= 15 is 0 Å². The highest BCUT2D eigenvalue weighted by atomic mass is 19.3. The molecule has 0 radical (unpaired) electrons. The molecule has 1 aliphatic rings. The monoisotopic (exact) mass is 191 g/mol. The Morgan fingerprint density at radius 1 is 1.46 bits per heavy atom. The summed E-state index contributed by atoms with van der Waals surface area (Å²) >= 11 is 0. The Balaban J connectivity index is 2.47. The van der Waals surface area contributed by atoms with Crippen LogP contribution in [0.15, 0.2) is 0 Å². The van der Waals surface area contributed by atoms with Gasteiger partial charge in [-0.05, 0) is 6.92 Å². The van der Waals surface area contributed by atoms with Crippen LogP contribution in [-0.4, -0.2) is 35.6 Å². The van der Waals surface area contributed by atoms with Crippen molar-refractivity contribution in [3.05, 3.63) is 0 Å². The van der Waals surface area contributed by atoms with Crippen molar-refractivity contribution in [2.75, 3.05) is 13.1 Å². The Bertz CT molecular complexity index is 240. The van der Waals surface area contributed by atoms with Gasteiger partial charge in [0.15, 0.2) is 0 Å². The molecule has 0 spiro atoms. The van der Waals surface area contributed by atoms with Gasteiger partial charge in [0.1, 0.15) is 5.78 Å². The molecule has 1 heterocycles. The average Bonchev–Trinajstić information content (AvgIpc) is 2.28. The van der Waals surface area contributed by atoms with Crippen LogP contribution in [0.5, 0.6) is 0 Å². The molecule has 1 saturated heterocycles. The van der Waals surface area contributed by atoms with Crippen molar-refractivity contribution < 1.29 is 18.4 Å². The number of carbonyl (C=O) groups is 2. The molecular weight excluding hydrogens is 180 g/mol. The van der Waals surface area contributed by atoms with Gasteiger partial charge >= 0.3 is 0 Å². The van der Waals surface area contributed by atoms with Crippen LogP contribution in [-0.2, 0) is 9.59 Å². The summed E-state index contributed by atoms with van der Waals surface area (Å²) in [6.45, 7) is 0.782. The van der Waals surface area contributed by atoms with E-state index in [9.17, 15) is 18.4 Å². The number of amides is 1. The SMILES string of the molecule is CC(=O)CC(=O)N1CCC(F)(F)C1. The van der Waals surface area contributed by atoms with E-state index in [1.165, 1.54) is 6.92 Å². The molecule has 13 heavy (non-hydrogen) atoms. The average molecular weight is 191 g/mol. The topological polar surface area (TPSA) is 37.4 Å². The Hall–Kier alpha value is -1.00. The lowest BCUT2D eigenvalue weighted by Crippen LogP contribution is -2.32. The number of ketones is 1. The number of hydrogen-bond donors (Lipinski definition) is 0. The zero-order valence-corrected chi connectivity index (χ0v) is 7.35. The fraction of sp³-hybridized carbons (Fsp3) is 0.750. The minimum Gasteiger partial charge on any atom is -0.336 e. The lowest BCUT2D eigenvalue weighted by molar-refractivity contribution is -0.135. The lowest BCUT2D eigenvalue weighted by atomic mass is 10.3. The second kappa shape index (κ2) is 3.40. The quantitative estimate of drug-likeness (QED) is 0.606. The molecule has 0 saturated carbocycles.